The molecule has 0 radical (unpaired) electrons. The molecule has 6 heteroatoms. The van der Waals surface area contributed by atoms with Gasteiger partial charge in [-0.2, -0.15) is 0 Å². The maximum Gasteiger partial charge on any atom is 0.261 e. The number of benzene rings is 1. The lowest BCUT2D eigenvalue weighted by atomic mass is 10.2. The normalized spacial score (nSPS) is 17.0. The number of ether oxygens (including phenoxy) is 2. The van der Waals surface area contributed by atoms with Gasteiger partial charge in [0.25, 0.3) is 5.91 Å². The summed E-state index contributed by atoms with van der Waals surface area (Å²) in [5.74, 6) is 0.574. The second kappa shape index (κ2) is 8.98. The number of halogens is 1. The molecule has 1 aromatic rings. The van der Waals surface area contributed by atoms with Crippen LogP contribution in [0.1, 0.15) is 13.3 Å². The van der Waals surface area contributed by atoms with Crippen molar-refractivity contribution in [3.8, 4) is 5.75 Å². The smallest absolute Gasteiger partial charge is 0.261 e. The highest BCUT2D eigenvalue weighted by Gasteiger charge is 2.18. The van der Waals surface area contributed by atoms with E-state index in [1.54, 1.807) is 24.3 Å². The van der Waals surface area contributed by atoms with Crippen LogP contribution in [0.2, 0.25) is 5.02 Å². The van der Waals surface area contributed by atoms with Crippen molar-refractivity contribution in [2.24, 2.45) is 0 Å². The number of nitrogens with zero attached hydrogens (tertiary/aromatic N) is 1. The summed E-state index contributed by atoms with van der Waals surface area (Å²) in [4.78, 5) is 14.5. The van der Waals surface area contributed by atoms with Crippen LogP contribution in [0.15, 0.2) is 24.3 Å². The Bertz CT molecular complexity index is 461. The molecule has 1 saturated heterocycles. The Morgan fingerprint density at radius 2 is 2.05 bits per heavy atom. The third-order valence-electron chi connectivity index (χ3n) is 3.59. The van der Waals surface area contributed by atoms with Crippen LogP contribution in [0.25, 0.3) is 0 Å². The molecule has 1 aliphatic heterocycles. The van der Waals surface area contributed by atoms with E-state index in [0.717, 1.165) is 32.8 Å². The van der Waals surface area contributed by atoms with Crippen LogP contribution >= 0.6 is 11.6 Å². The number of hydrogen-bond acceptors (Lipinski definition) is 4. The number of carbonyl (C=O) groups excluding carboxylic acids is 1. The Kier molecular flexibility index (Phi) is 6.96. The van der Waals surface area contributed by atoms with Gasteiger partial charge in [0.05, 0.1) is 13.2 Å². The first-order chi connectivity index (χ1) is 10.7. The highest BCUT2D eigenvalue weighted by atomic mass is 35.5. The van der Waals surface area contributed by atoms with E-state index in [9.17, 15) is 4.79 Å². The molecule has 1 amide bonds. The van der Waals surface area contributed by atoms with Gasteiger partial charge in [0.15, 0.2) is 6.10 Å². The van der Waals surface area contributed by atoms with Crippen LogP contribution in [0.4, 0.5) is 0 Å². The van der Waals surface area contributed by atoms with Gasteiger partial charge in [0.1, 0.15) is 5.75 Å². The van der Waals surface area contributed by atoms with E-state index in [-0.39, 0.29) is 5.91 Å². The fourth-order valence-corrected chi connectivity index (χ4v) is 2.40. The molecule has 122 valence electrons. The Morgan fingerprint density at radius 3 is 2.68 bits per heavy atom. The van der Waals surface area contributed by atoms with Crippen molar-refractivity contribution in [3.05, 3.63) is 29.3 Å². The van der Waals surface area contributed by atoms with E-state index in [0.29, 0.717) is 23.7 Å². The maximum atomic E-state index is 12.2. The Balaban J connectivity index is 1.74. The molecule has 0 saturated carbocycles. The van der Waals surface area contributed by atoms with Crippen LogP contribution < -0.4 is 10.1 Å². The number of hydrogen-bond donors (Lipinski definition) is 1. The largest absolute Gasteiger partial charge is 0.481 e. The molecule has 1 aliphatic rings. The SMILES string of the molecule is CC[C@@H](Oc1ccc(Cl)cc1)C(=O)NCCN1CCOCC1. The third kappa shape index (κ3) is 5.48. The van der Waals surface area contributed by atoms with Gasteiger partial charge < -0.3 is 14.8 Å². The van der Waals surface area contributed by atoms with E-state index < -0.39 is 6.10 Å². The first-order valence-corrected chi connectivity index (χ1v) is 8.07. The van der Waals surface area contributed by atoms with Gasteiger partial charge in [0, 0.05) is 31.2 Å². The maximum absolute atomic E-state index is 12.2. The monoisotopic (exact) mass is 326 g/mol. The quantitative estimate of drug-likeness (QED) is 0.832. The summed E-state index contributed by atoms with van der Waals surface area (Å²) in [6.07, 6.45) is 0.136. The average Bonchev–Trinajstić information content (AvgIpc) is 2.55. The molecule has 1 N–H and O–H groups in total. The van der Waals surface area contributed by atoms with E-state index in [1.165, 1.54) is 0 Å². The van der Waals surface area contributed by atoms with E-state index in [4.69, 9.17) is 21.1 Å². The van der Waals surface area contributed by atoms with Gasteiger partial charge in [-0.05, 0) is 30.7 Å². The Labute approximate surface area is 136 Å². The number of amides is 1. The summed E-state index contributed by atoms with van der Waals surface area (Å²) < 4.78 is 11.0. The van der Waals surface area contributed by atoms with E-state index >= 15 is 0 Å². The van der Waals surface area contributed by atoms with Crippen LogP contribution in [0.5, 0.6) is 5.75 Å². The van der Waals surface area contributed by atoms with Crippen molar-refractivity contribution in [2.75, 3.05) is 39.4 Å². The zero-order valence-electron chi connectivity index (χ0n) is 12.9. The molecule has 0 bridgehead atoms. The van der Waals surface area contributed by atoms with Crippen molar-refractivity contribution in [1.82, 2.24) is 10.2 Å². The van der Waals surface area contributed by atoms with Gasteiger partial charge in [-0.3, -0.25) is 9.69 Å². The Morgan fingerprint density at radius 1 is 1.36 bits per heavy atom. The second-order valence-corrected chi connectivity index (χ2v) is 5.65. The van der Waals surface area contributed by atoms with Crippen molar-refractivity contribution in [1.29, 1.82) is 0 Å². The molecule has 0 aliphatic carbocycles. The molecule has 1 aromatic carbocycles. The van der Waals surface area contributed by atoms with Gasteiger partial charge in [-0.25, -0.2) is 0 Å². The third-order valence-corrected chi connectivity index (χ3v) is 3.84. The van der Waals surface area contributed by atoms with Crippen molar-refractivity contribution in [2.45, 2.75) is 19.4 Å². The lowest BCUT2D eigenvalue weighted by molar-refractivity contribution is -0.128. The van der Waals surface area contributed by atoms with Gasteiger partial charge in [-0.15, -0.1) is 0 Å². The molecule has 1 heterocycles. The molecule has 22 heavy (non-hydrogen) atoms. The van der Waals surface area contributed by atoms with Crippen molar-refractivity contribution >= 4 is 17.5 Å². The van der Waals surface area contributed by atoms with Gasteiger partial charge in [0.2, 0.25) is 0 Å². The summed E-state index contributed by atoms with van der Waals surface area (Å²) in [6.45, 7) is 6.78. The average molecular weight is 327 g/mol. The number of nitrogens with one attached hydrogen (secondary N) is 1. The van der Waals surface area contributed by atoms with E-state index in [2.05, 4.69) is 10.2 Å². The molecule has 0 aromatic heterocycles. The van der Waals surface area contributed by atoms with Crippen LogP contribution in [0.3, 0.4) is 0 Å². The lowest BCUT2D eigenvalue weighted by Gasteiger charge is -2.26. The second-order valence-electron chi connectivity index (χ2n) is 5.21. The Hall–Kier alpha value is -1.30. The predicted octanol–water partition coefficient (Wildman–Crippen LogP) is 1.95. The van der Waals surface area contributed by atoms with Gasteiger partial charge >= 0.3 is 0 Å². The summed E-state index contributed by atoms with van der Waals surface area (Å²) >= 11 is 5.84. The number of carbonyl (C=O) groups is 1. The highest BCUT2D eigenvalue weighted by Crippen LogP contribution is 2.17. The molecule has 1 fully saturated rings. The fraction of sp³-hybridized carbons (Fsp3) is 0.562. The first kappa shape index (κ1) is 17.1. The summed E-state index contributed by atoms with van der Waals surface area (Å²) in [5.41, 5.74) is 0. The van der Waals surface area contributed by atoms with Crippen molar-refractivity contribution < 1.29 is 14.3 Å². The van der Waals surface area contributed by atoms with Crippen LogP contribution in [0, 0.1) is 0 Å². The fourth-order valence-electron chi connectivity index (χ4n) is 2.28. The minimum Gasteiger partial charge on any atom is -0.481 e. The summed E-state index contributed by atoms with van der Waals surface area (Å²) in [6, 6.07) is 7.04. The standard InChI is InChI=1S/C16H23ClN2O3/c1-2-15(22-14-5-3-13(17)4-6-14)16(20)18-7-8-19-9-11-21-12-10-19/h3-6,15H,2,7-12H2,1H3,(H,18,20)/t15-/m1/s1. The zero-order chi connectivity index (χ0) is 15.8. The van der Waals surface area contributed by atoms with Crippen LogP contribution in [-0.4, -0.2) is 56.3 Å². The van der Waals surface area contributed by atoms with Crippen LogP contribution in [-0.2, 0) is 9.53 Å². The molecule has 2 rings (SSSR count). The minimum absolute atomic E-state index is 0.0780. The van der Waals surface area contributed by atoms with Crippen molar-refractivity contribution in [3.63, 3.8) is 0 Å². The molecule has 0 spiro atoms. The summed E-state index contributed by atoms with van der Waals surface area (Å²) in [7, 11) is 0. The lowest BCUT2D eigenvalue weighted by Crippen LogP contribution is -2.44. The van der Waals surface area contributed by atoms with E-state index in [1.807, 2.05) is 6.92 Å². The number of morpholine rings is 1. The topological polar surface area (TPSA) is 50.8 Å². The minimum atomic E-state index is -0.481. The highest BCUT2D eigenvalue weighted by molar-refractivity contribution is 6.30. The van der Waals surface area contributed by atoms with Gasteiger partial charge in [-0.1, -0.05) is 18.5 Å². The first-order valence-electron chi connectivity index (χ1n) is 7.69. The summed E-state index contributed by atoms with van der Waals surface area (Å²) in [5, 5.41) is 3.59. The molecular weight excluding hydrogens is 304 g/mol. The number of rotatable bonds is 7. The molecule has 1 atom stereocenters. The molecule has 0 unspecified atom stereocenters. The zero-order valence-corrected chi connectivity index (χ0v) is 13.6. The molecule has 5 nitrogen and oxygen atoms in total. The predicted molar refractivity (Wildman–Crippen MR) is 86.4 cm³/mol. The molecular formula is C16H23ClN2O3.